The molecule has 0 aliphatic carbocycles. The molecule has 8 heteroatoms. The minimum Gasteiger partial charge on any atom is -0.258 e. The van der Waals surface area contributed by atoms with Crippen molar-refractivity contribution >= 4 is 43.1 Å². The Bertz CT molecular complexity index is 517. The molecule has 0 radical (unpaired) electrons. The van der Waals surface area contributed by atoms with Crippen molar-refractivity contribution in [1.29, 1.82) is 0 Å². The van der Waals surface area contributed by atoms with E-state index in [1.165, 1.54) is 6.07 Å². The van der Waals surface area contributed by atoms with Crippen LogP contribution in [-0.4, -0.2) is 25.0 Å². The normalized spacial score (nSPS) is 11.4. The van der Waals surface area contributed by atoms with Gasteiger partial charge in [-0.3, -0.25) is 10.1 Å². The Morgan fingerprint density at radius 1 is 1.44 bits per heavy atom. The first-order valence-electron chi connectivity index (χ1n) is 4.11. The second-order valence-corrected chi connectivity index (χ2v) is 6.19. The third-order valence-corrected chi connectivity index (χ3v) is 4.91. The highest BCUT2D eigenvalue weighted by Crippen LogP contribution is 2.27. The Balaban J connectivity index is 3.23. The molecule has 0 aliphatic heterocycles. The number of hydrogen-bond acceptors (Lipinski definition) is 4. The maximum Gasteiger partial charge on any atom is 0.270 e. The highest BCUT2D eigenvalue weighted by molar-refractivity contribution is 9.10. The highest BCUT2D eigenvalue weighted by Gasteiger charge is 2.19. The maximum absolute atomic E-state index is 11.6. The molecule has 1 rings (SSSR count). The van der Waals surface area contributed by atoms with Gasteiger partial charge in [0.2, 0.25) is 0 Å². The summed E-state index contributed by atoms with van der Waals surface area (Å²) in [4.78, 5) is 9.87. The second kappa shape index (κ2) is 5.11. The highest BCUT2D eigenvalue weighted by atomic mass is 79.9. The van der Waals surface area contributed by atoms with Crippen molar-refractivity contribution in [2.24, 2.45) is 0 Å². The Kier molecular flexibility index (Phi) is 4.28. The smallest absolute Gasteiger partial charge is 0.258 e. The Morgan fingerprint density at radius 2 is 2.06 bits per heavy atom. The summed E-state index contributed by atoms with van der Waals surface area (Å²) in [7, 11) is -3.48. The van der Waals surface area contributed by atoms with Crippen LogP contribution in [-0.2, 0) is 9.84 Å². The zero-order valence-electron chi connectivity index (χ0n) is 7.89. The predicted octanol–water partition coefficient (Wildman–Crippen LogP) is 2.37. The minimum atomic E-state index is -3.48. The van der Waals surface area contributed by atoms with Gasteiger partial charge in [0, 0.05) is 22.5 Å². The zero-order valence-corrected chi connectivity index (χ0v) is 11.0. The number of non-ortho nitro benzene ring substituents is 1. The van der Waals surface area contributed by atoms with Gasteiger partial charge in [0.25, 0.3) is 5.69 Å². The molecule has 0 heterocycles. The second-order valence-electron chi connectivity index (χ2n) is 2.88. The largest absolute Gasteiger partial charge is 0.270 e. The van der Waals surface area contributed by atoms with E-state index in [1.54, 1.807) is 0 Å². The summed E-state index contributed by atoms with van der Waals surface area (Å²) in [5, 5.41) is 10.5. The Morgan fingerprint density at radius 3 is 2.50 bits per heavy atom. The van der Waals surface area contributed by atoms with E-state index in [0.29, 0.717) is 0 Å². The number of hydrogen-bond donors (Lipinski definition) is 0. The van der Waals surface area contributed by atoms with E-state index in [4.69, 9.17) is 11.6 Å². The number of nitrogens with zero attached hydrogens (tertiary/aromatic N) is 1. The van der Waals surface area contributed by atoms with Crippen LogP contribution < -0.4 is 0 Å². The van der Waals surface area contributed by atoms with Gasteiger partial charge < -0.3 is 0 Å². The lowest BCUT2D eigenvalue weighted by molar-refractivity contribution is -0.385. The Labute approximate surface area is 106 Å². The van der Waals surface area contributed by atoms with E-state index in [-0.39, 0.29) is 26.7 Å². The summed E-state index contributed by atoms with van der Waals surface area (Å²) >= 11 is 8.36. The number of rotatable bonds is 4. The quantitative estimate of drug-likeness (QED) is 0.483. The topological polar surface area (TPSA) is 77.3 Å². The van der Waals surface area contributed by atoms with Crippen molar-refractivity contribution in [2.75, 3.05) is 11.6 Å². The van der Waals surface area contributed by atoms with Gasteiger partial charge in [-0.05, 0) is 22.0 Å². The lowest BCUT2D eigenvalue weighted by atomic mass is 10.3. The lowest BCUT2D eigenvalue weighted by Gasteiger charge is -2.04. The molecule has 1 aromatic rings. The van der Waals surface area contributed by atoms with E-state index >= 15 is 0 Å². The summed E-state index contributed by atoms with van der Waals surface area (Å²) in [6.07, 6.45) is 0. The molecule has 0 fully saturated rings. The fourth-order valence-corrected chi connectivity index (χ4v) is 3.84. The minimum absolute atomic E-state index is 0.0127. The number of halogens is 2. The fraction of sp³-hybridized carbons (Fsp3) is 0.250. The SMILES string of the molecule is O=[N+]([O-])c1ccc(S(=O)(=O)CCCl)c(Br)c1. The van der Waals surface area contributed by atoms with Crippen LogP contribution in [0.5, 0.6) is 0 Å². The fourth-order valence-electron chi connectivity index (χ4n) is 1.07. The van der Waals surface area contributed by atoms with Crippen LogP contribution in [0.1, 0.15) is 0 Å². The molecule has 88 valence electrons. The molecule has 16 heavy (non-hydrogen) atoms. The molecule has 0 N–H and O–H groups in total. The van der Waals surface area contributed by atoms with Crippen LogP contribution >= 0.6 is 27.5 Å². The van der Waals surface area contributed by atoms with Crippen molar-refractivity contribution in [3.05, 3.63) is 32.8 Å². The van der Waals surface area contributed by atoms with Crippen molar-refractivity contribution in [1.82, 2.24) is 0 Å². The van der Waals surface area contributed by atoms with E-state index in [0.717, 1.165) is 12.1 Å². The average molecular weight is 329 g/mol. The number of sulfone groups is 1. The monoisotopic (exact) mass is 327 g/mol. The molecule has 5 nitrogen and oxygen atoms in total. The molecular weight excluding hydrogens is 322 g/mol. The number of benzene rings is 1. The summed E-state index contributed by atoms with van der Waals surface area (Å²) in [6.45, 7) is 0. The van der Waals surface area contributed by atoms with Gasteiger partial charge >= 0.3 is 0 Å². The third kappa shape index (κ3) is 2.93. The van der Waals surface area contributed by atoms with Gasteiger partial charge in [0.15, 0.2) is 9.84 Å². The van der Waals surface area contributed by atoms with Crippen molar-refractivity contribution in [3.63, 3.8) is 0 Å². The first kappa shape index (κ1) is 13.4. The van der Waals surface area contributed by atoms with E-state index in [9.17, 15) is 18.5 Å². The summed E-state index contributed by atoms with van der Waals surface area (Å²) in [5.41, 5.74) is -0.170. The molecule has 0 amide bonds. The van der Waals surface area contributed by atoms with Gasteiger partial charge in [0.05, 0.1) is 15.6 Å². The van der Waals surface area contributed by atoms with E-state index < -0.39 is 14.8 Å². The first-order valence-corrected chi connectivity index (χ1v) is 7.09. The van der Waals surface area contributed by atoms with Crippen molar-refractivity contribution in [3.8, 4) is 0 Å². The third-order valence-electron chi connectivity index (χ3n) is 1.81. The van der Waals surface area contributed by atoms with Gasteiger partial charge in [-0.2, -0.15) is 0 Å². The molecule has 0 unspecified atom stereocenters. The zero-order chi connectivity index (χ0) is 12.3. The molecule has 0 bridgehead atoms. The molecule has 0 saturated carbocycles. The van der Waals surface area contributed by atoms with Gasteiger partial charge in [0.1, 0.15) is 0 Å². The summed E-state index contributed by atoms with van der Waals surface area (Å²) in [5.74, 6) is -0.225. The molecule has 0 aromatic heterocycles. The predicted molar refractivity (Wildman–Crippen MR) is 63.6 cm³/mol. The van der Waals surface area contributed by atoms with Crippen molar-refractivity contribution in [2.45, 2.75) is 4.90 Å². The van der Waals surface area contributed by atoms with E-state index in [1.807, 2.05) is 0 Å². The first-order chi connectivity index (χ1) is 7.38. The van der Waals surface area contributed by atoms with Gasteiger partial charge in [-0.15, -0.1) is 11.6 Å². The van der Waals surface area contributed by atoms with Crippen LogP contribution in [0, 0.1) is 10.1 Å². The lowest BCUT2D eigenvalue weighted by Crippen LogP contribution is -2.08. The molecular formula is C8H7BrClNO4S. The summed E-state index contributed by atoms with van der Waals surface area (Å²) < 4.78 is 23.5. The molecule has 0 spiro atoms. The van der Waals surface area contributed by atoms with Crippen LogP contribution in [0.2, 0.25) is 0 Å². The molecule has 0 aliphatic rings. The standard InChI is InChI=1S/C8H7BrClNO4S/c9-7-5-6(11(12)13)1-2-8(7)16(14,15)4-3-10/h1-2,5H,3-4H2. The molecule has 1 aromatic carbocycles. The van der Waals surface area contributed by atoms with Gasteiger partial charge in [-0.25, -0.2) is 8.42 Å². The van der Waals surface area contributed by atoms with Gasteiger partial charge in [-0.1, -0.05) is 0 Å². The van der Waals surface area contributed by atoms with Crippen LogP contribution in [0.15, 0.2) is 27.6 Å². The Hall–Kier alpha value is -0.660. The van der Waals surface area contributed by atoms with E-state index in [2.05, 4.69) is 15.9 Å². The molecule has 0 saturated heterocycles. The van der Waals surface area contributed by atoms with Crippen molar-refractivity contribution < 1.29 is 13.3 Å². The molecule has 0 atom stereocenters. The van der Waals surface area contributed by atoms with Crippen LogP contribution in [0.4, 0.5) is 5.69 Å². The number of nitro groups is 1. The number of alkyl halides is 1. The average Bonchev–Trinajstić information content (AvgIpc) is 2.16. The van der Waals surface area contributed by atoms with Crippen LogP contribution in [0.3, 0.4) is 0 Å². The number of nitro benzene ring substituents is 1. The maximum atomic E-state index is 11.6. The van der Waals surface area contributed by atoms with Crippen LogP contribution in [0.25, 0.3) is 0 Å². The summed E-state index contributed by atoms with van der Waals surface area (Å²) in [6, 6.07) is 3.50.